The second-order valence-electron chi connectivity index (χ2n) is 7.35. The van der Waals surface area contributed by atoms with Crippen LogP contribution < -0.4 is 4.65 Å². The number of pyridine rings is 1. The Bertz CT molecular complexity index is 1600. The molecule has 1 N–H and O–H groups in total. The van der Waals surface area contributed by atoms with Crippen LogP contribution >= 0.6 is 0 Å². The van der Waals surface area contributed by atoms with Crippen LogP contribution in [0.15, 0.2) is 89.3 Å². The molecule has 7 heteroatoms. The molecular weight excluding hydrogens is 401 g/mol. The number of nitrogens with zero attached hydrogens (tertiary/aromatic N) is 3. The third-order valence-corrected chi connectivity index (χ3v) is 5.36. The quantitative estimate of drug-likeness (QED) is 0.400. The SMILES string of the molecule is O[B]Oc1cc(-c2ccccc2)cc(-c2ccc3oc4nc5ccccc5nc4c3c2)n1. The summed E-state index contributed by atoms with van der Waals surface area (Å²) in [5, 5.41) is 10.0. The third kappa shape index (κ3) is 3.16. The molecule has 32 heavy (non-hydrogen) atoms. The predicted molar refractivity (Wildman–Crippen MR) is 124 cm³/mol. The first kappa shape index (κ1) is 18.5. The lowest BCUT2D eigenvalue weighted by Gasteiger charge is -2.09. The van der Waals surface area contributed by atoms with Crippen molar-refractivity contribution in [2.24, 2.45) is 0 Å². The van der Waals surface area contributed by atoms with Gasteiger partial charge in [-0.25, -0.2) is 15.0 Å². The summed E-state index contributed by atoms with van der Waals surface area (Å²) >= 11 is 0. The van der Waals surface area contributed by atoms with E-state index in [0.29, 0.717) is 36.1 Å². The molecule has 6 rings (SSSR count). The van der Waals surface area contributed by atoms with Crippen molar-refractivity contribution in [1.29, 1.82) is 0 Å². The van der Waals surface area contributed by atoms with Crippen LogP contribution in [0.3, 0.4) is 0 Å². The van der Waals surface area contributed by atoms with Crippen LogP contribution in [0.5, 0.6) is 5.88 Å². The molecule has 6 nitrogen and oxygen atoms in total. The molecule has 3 aromatic heterocycles. The number of aromatic nitrogens is 3. The molecule has 0 spiro atoms. The molecule has 0 atom stereocenters. The Morgan fingerprint density at radius 2 is 1.50 bits per heavy atom. The summed E-state index contributed by atoms with van der Waals surface area (Å²) < 4.78 is 11.1. The van der Waals surface area contributed by atoms with Crippen LogP contribution in [-0.4, -0.2) is 27.7 Å². The molecule has 0 bridgehead atoms. The molecule has 0 saturated heterocycles. The highest BCUT2D eigenvalue weighted by atomic mass is 16.5. The first-order valence-electron chi connectivity index (χ1n) is 10.1. The van der Waals surface area contributed by atoms with E-state index in [-0.39, 0.29) is 0 Å². The molecule has 3 heterocycles. The lowest BCUT2D eigenvalue weighted by molar-refractivity contribution is 0.443. The van der Waals surface area contributed by atoms with Crippen LogP contribution in [0.25, 0.3) is 55.6 Å². The van der Waals surface area contributed by atoms with Gasteiger partial charge in [-0.15, -0.1) is 0 Å². The molecule has 0 unspecified atom stereocenters. The third-order valence-electron chi connectivity index (χ3n) is 5.36. The fourth-order valence-corrected chi connectivity index (χ4v) is 3.86. The van der Waals surface area contributed by atoms with Crippen LogP contribution in [0.4, 0.5) is 0 Å². The topological polar surface area (TPSA) is 81.3 Å². The Balaban J connectivity index is 1.54. The van der Waals surface area contributed by atoms with Gasteiger partial charge in [0.2, 0.25) is 5.71 Å². The van der Waals surface area contributed by atoms with Gasteiger partial charge in [0.25, 0.3) is 0 Å². The number of rotatable bonds is 4. The van der Waals surface area contributed by atoms with Gasteiger partial charge in [-0.05, 0) is 47.5 Å². The van der Waals surface area contributed by atoms with E-state index in [1.807, 2.05) is 78.9 Å². The Kier molecular flexibility index (Phi) is 4.33. The average Bonchev–Trinajstić information content (AvgIpc) is 3.20. The number of hydrogen-bond acceptors (Lipinski definition) is 6. The molecule has 1 radical (unpaired) electrons. The smallest absolute Gasteiger partial charge is 0.523 e. The van der Waals surface area contributed by atoms with Crippen molar-refractivity contribution in [3.8, 4) is 28.3 Å². The van der Waals surface area contributed by atoms with E-state index < -0.39 is 0 Å². The highest BCUT2D eigenvalue weighted by Gasteiger charge is 2.14. The number of fused-ring (bicyclic) bond motifs is 4. The van der Waals surface area contributed by atoms with Gasteiger partial charge in [0.1, 0.15) is 11.1 Å². The zero-order chi connectivity index (χ0) is 21.5. The Hall–Kier alpha value is -4.23. The lowest BCUT2D eigenvalue weighted by Crippen LogP contribution is -2.02. The van der Waals surface area contributed by atoms with Gasteiger partial charge in [-0.1, -0.05) is 42.5 Å². The maximum Gasteiger partial charge on any atom is 0.570 e. The Morgan fingerprint density at radius 3 is 2.31 bits per heavy atom. The largest absolute Gasteiger partial charge is 0.570 e. The van der Waals surface area contributed by atoms with Crippen molar-refractivity contribution < 1.29 is 14.1 Å². The second kappa shape index (κ2) is 7.48. The van der Waals surface area contributed by atoms with E-state index in [1.54, 1.807) is 6.07 Å². The molecular formula is C25H15BN3O3. The van der Waals surface area contributed by atoms with Crippen molar-refractivity contribution in [1.82, 2.24) is 15.0 Å². The van der Waals surface area contributed by atoms with Gasteiger partial charge >= 0.3 is 7.69 Å². The van der Waals surface area contributed by atoms with Gasteiger partial charge in [-0.2, -0.15) is 0 Å². The molecule has 0 fully saturated rings. The predicted octanol–water partition coefficient (Wildman–Crippen LogP) is 5.16. The fraction of sp³-hybridized carbons (Fsp3) is 0. The van der Waals surface area contributed by atoms with Crippen molar-refractivity contribution in [3.63, 3.8) is 0 Å². The van der Waals surface area contributed by atoms with Crippen LogP contribution in [0.1, 0.15) is 0 Å². The van der Waals surface area contributed by atoms with Gasteiger partial charge < -0.3 is 14.1 Å². The van der Waals surface area contributed by atoms with E-state index in [9.17, 15) is 0 Å². The maximum absolute atomic E-state index is 9.15. The zero-order valence-electron chi connectivity index (χ0n) is 16.8. The second-order valence-corrected chi connectivity index (χ2v) is 7.35. The summed E-state index contributed by atoms with van der Waals surface area (Å²) in [4.78, 5) is 13.9. The van der Waals surface area contributed by atoms with Crippen molar-refractivity contribution in [2.75, 3.05) is 0 Å². The highest BCUT2D eigenvalue weighted by molar-refractivity contribution is 6.17. The minimum absolute atomic E-state index is 0.298. The van der Waals surface area contributed by atoms with Crippen LogP contribution in [0.2, 0.25) is 0 Å². The van der Waals surface area contributed by atoms with E-state index in [4.69, 9.17) is 19.1 Å². The first-order chi connectivity index (χ1) is 15.8. The molecule has 6 aromatic rings. The summed E-state index contributed by atoms with van der Waals surface area (Å²) in [6.07, 6.45) is 0. The van der Waals surface area contributed by atoms with Crippen molar-refractivity contribution in [2.45, 2.75) is 0 Å². The number of para-hydroxylation sites is 2. The van der Waals surface area contributed by atoms with Crippen molar-refractivity contribution in [3.05, 3.63) is 84.9 Å². The van der Waals surface area contributed by atoms with Crippen LogP contribution in [0, 0.1) is 0 Å². The summed E-state index contributed by atoms with van der Waals surface area (Å²) in [5.74, 6) is 0.298. The first-order valence-corrected chi connectivity index (χ1v) is 10.1. The molecule has 151 valence electrons. The average molecular weight is 416 g/mol. The maximum atomic E-state index is 9.15. The zero-order valence-corrected chi connectivity index (χ0v) is 16.8. The van der Waals surface area contributed by atoms with E-state index in [2.05, 4.69) is 9.97 Å². The van der Waals surface area contributed by atoms with Gasteiger partial charge in [0.05, 0.1) is 16.7 Å². The van der Waals surface area contributed by atoms with E-state index >= 15 is 0 Å². The molecule has 0 saturated carbocycles. The van der Waals surface area contributed by atoms with Gasteiger partial charge in [0, 0.05) is 17.0 Å². The summed E-state index contributed by atoms with van der Waals surface area (Å²) in [6.45, 7) is 0. The Labute approximate surface area is 183 Å². The summed E-state index contributed by atoms with van der Waals surface area (Å²) in [6, 6.07) is 27.3. The number of furan rings is 1. The van der Waals surface area contributed by atoms with Crippen molar-refractivity contribution >= 4 is 40.9 Å². The number of hydrogen-bond donors (Lipinski definition) is 1. The van der Waals surface area contributed by atoms with E-state index in [0.717, 1.165) is 33.1 Å². The molecule has 0 amide bonds. The lowest BCUT2D eigenvalue weighted by atomic mass is 10.0. The molecule has 0 aliphatic heterocycles. The standard InChI is InChI=1S/C25H15BN3O3/c30-26-32-23-14-17(15-6-2-1-3-7-15)13-21(27-23)16-10-11-22-18(12-16)24-25(31-22)29-20-9-5-4-8-19(20)28-24/h1-14,30H. The minimum Gasteiger partial charge on any atom is -0.523 e. The van der Waals surface area contributed by atoms with E-state index in [1.165, 1.54) is 0 Å². The fourth-order valence-electron chi connectivity index (χ4n) is 3.86. The van der Waals surface area contributed by atoms with Crippen LogP contribution in [-0.2, 0) is 0 Å². The monoisotopic (exact) mass is 416 g/mol. The molecule has 3 aromatic carbocycles. The summed E-state index contributed by atoms with van der Waals surface area (Å²) in [5.41, 5.74) is 7.04. The number of benzene rings is 3. The van der Waals surface area contributed by atoms with Gasteiger partial charge in [-0.3, -0.25) is 0 Å². The minimum atomic E-state index is 0.298. The molecule has 0 aliphatic rings. The Morgan fingerprint density at radius 1 is 0.719 bits per heavy atom. The van der Waals surface area contributed by atoms with Gasteiger partial charge in [0.15, 0.2) is 5.88 Å². The molecule has 0 aliphatic carbocycles. The normalized spacial score (nSPS) is 11.3. The highest BCUT2D eigenvalue weighted by Crippen LogP contribution is 2.33. The summed E-state index contributed by atoms with van der Waals surface area (Å²) in [7, 11) is 0.633.